The Morgan fingerprint density at radius 2 is 1.75 bits per heavy atom. The van der Waals surface area contributed by atoms with Gasteiger partial charge in [-0.15, -0.1) is 0 Å². The summed E-state index contributed by atoms with van der Waals surface area (Å²) in [4.78, 5) is 24.8. The van der Waals surface area contributed by atoms with Gasteiger partial charge in [0.1, 0.15) is 0 Å². The van der Waals surface area contributed by atoms with Crippen LogP contribution in [0, 0.1) is 16.2 Å². The van der Waals surface area contributed by atoms with E-state index in [1.165, 1.54) is 6.21 Å². The highest BCUT2D eigenvalue weighted by atomic mass is 16.5. The molecule has 0 aromatic carbocycles. The van der Waals surface area contributed by atoms with E-state index in [2.05, 4.69) is 4.99 Å². The van der Waals surface area contributed by atoms with E-state index in [-0.39, 0.29) is 17.4 Å². The number of carbonyl (C=O) groups is 2. The molecular formula is C14H24N2O4. The zero-order valence-corrected chi connectivity index (χ0v) is 13.0. The second kappa shape index (κ2) is 6.74. The van der Waals surface area contributed by atoms with E-state index in [9.17, 15) is 9.59 Å². The van der Waals surface area contributed by atoms with Crippen LogP contribution in [0.3, 0.4) is 0 Å². The molecular weight excluding hydrogens is 260 g/mol. The van der Waals surface area contributed by atoms with Gasteiger partial charge >= 0.3 is 11.9 Å². The third-order valence-electron chi connectivity index (χ3n) is 2.68. The van der Waals surface area contributed by atoms with E-state index in [4.69, 9.17) is 15.3 Å². The Morgan fingerprint density at radius 1 is 1.25 bits per heavy atom. The summed E-state index contributed by atoms with van der Waals surface area (Å²) < 4.78 is 5.61. The fourth-order valence-electron chi connectivity index (χ4n) is 1.10. The van der Waals surface area contributed by atoms with Crippen LogP contribution in [0.1, 0.15) is 41.5 Å². The third kappa shape index (κ3) is 6.56. The lowest BCUT2D eigenvalue weighted by Gasteiger charge is -2.29. The number of aliphatic imine (C=N–C) groups is 1. The maximum Gasteiger partial charge on any atom is 0.396 e. The lowest BCUT2D eigenvalue weighted by Crippen LogP contribution is -2.35. The van der Waals surface area contributed by atoms with Gasteiger partial charge in [0.15, 0.2) is 0 Å². The number of hydrogen-bond acceptors (Lipinski definition) is 4. The first-order valence-electron chi connectivity index (χ1n) is 6.36. The molecule has 20 heavy (non-hydrogen) atoms. The van der Waals surface area contributed by atoms with Gasteiger partial charge in [-0.2, -0.15) is 0 Å². The summed E-state index contributed by atoms with van der Waals surface area (Å²) in [5.74, 6) is -2.83. The molecule has 0 aliphatic rings. The number of carboxylic acids is 1. The second-order valence-electron chi connectivity index (χ2n) is 6.71. The quantitative estimate of drug-likeness (QED) is 0.610. The topological polar surface area (TPSA) is 99.8 Å². The number of nitrogens with one attached hydrogen (secondary N) is 1. The van der Waals surface area contributed by atoms with E-state index < -0.39 is 18.0 Å². The molecule has 0 aromatic heterocycles. The van der Waals surface area contributed by atoms with Crippen molar-refractivity contribution >= 4 is 23.8 Å². The van der Waals surface area contributed by atoms with Crippen LogP contribution in [0.2, 0.25) is 0 Å². The minimum atomic E-state index is -1.60. The fourth-order valence-corrected chi connectivity index (χ4v) is 1.10. The van der Waals surface area contributed by atoms with Gasteiger partial charge in [0, 0.05) is 17.3 Å². The van der Waals surface area contributed by atoms with Crippen molar-refractivity contribution in [3.8, 4) is 0 Å². The van der Waals surface area contributed by atoms with Gasteiger partial charge in [-0.05, 0) is 5.41 Å². The minimum Gasteiger partial charge on any atom is -0.474 e. The summed E-state index contributed by atoms with van der Waals surface area (Å²) in [6, 6.07) is 0. The molecule has 0 bridgehead atoms. The Bertz CT molecular complexity index is 414. The van der Waals surface area contributed by atoms with Crippen LogP contribution in [0.25, 0.3) is 0 Å². The molecule has 2 N–H and O–H groups in total. The molecule has 114 valence electrons. The SMILES string of the molecule is CC(C)(C)C(=N)COC(C=NC(=O)C(=O)O)C(C)(C)C. The first kappa shape index (κ1) is 18.4. The van der Waals surface area contributed by atoms with Gasteiger partial charge in [-0.25, -0.2) is 9.79 Å². The van der Waals surface area contributed by atoms with Crippen LogP contribution >= 0.6 is 0 Å². The lowest BCUT2D eigenvalue weighted by molar-refractivity contribution is -0.148. The summed E-state index contributed by atoms with van der Waals surface area (Å²) in [6.07, 6.45) is 0.653. The van der Waals surface area contributed by atoms with E-state index in [0.29, 0.717) is 5.71 Å². The zero-order chi connectivity index (χ0) is 16.1. The van der Waals surface area contributed by atoms with Gasteiger partial charge in [0.25, 0.3) is 0 Å². The Balaban J connectivity index is 4.82. The molecule has 1 amide bonds. The molecule has 1 atom stereocenters. The molecule has 0 rings (SSSR count). The van der Waals surface area contributed by atoms with E-state index in [1.54, 1.807) is 0 Å². The zero-order valence-electron chi connectivity index (χ0n) is 13.0. The molecule has 1 unspecified atom stereocenters. The van der Waals surface area contributed by atoms with Crippen LogP contribution < -0.4 is 0 Å². The predicted octanol–water partition coefficient (Wildman–Crippen LogP) is 2.17. The third-order valence-corrected chi connectivity index (χ3v) is 2.68. The van der Waals surface area contributed by atoms with Crippen molar-refractivity contribution in [2.45, 2.75) is 47.6 Å². The van der Waals surface area contributed by atoms with E-state index in [0.717, 1.165) is 0 Å². The monoisotopic (exact) mass is 284 g/mol. The van der Waals surface area contributed by atoms with Crippen molar-refractivity contribution in [2.75, 3.05) is 6.61 Å². The van der Waals surface area contributed by atoms with Crippen LogP contribution in [0.5, 0.6) is 0 Å². The largest absolute Gasteiger partial charge is 0.474 e. The molecule has 0 radical (unpaired) electrons. The Morgan fingerprint density at radius 3 is 2.10 bits per heavy atom. The number of amides is 1. The number of aliphatic carboxylic acids is 1. The van der Waals surface area contributed by atoms with Crippen molar-refractivity contribution in [1.82, 2.24) is 0 Å². The molecule has 6 heteroatoms. The molecule has 0 saturated carbocycles. The van der Waals surface area contributed by atoms with E-state index in [1.807, 2.05) is 41.5 Å². The summed E-state index contributed by atoms with van der Waals surface area (Å²) in [5.41, 5.74) is -0.235. The molecule has 0 heterocycles. The average molecular weight is 284 g/mol. The van der Waals surface area contributed by atoms with E-state index >= 15 is 0 Å². The molecule has 0 aliphatic carbocycles. The number of ether oxygens (including phenoxy) is 1. The number of carboxylic acid groups (broad SMARTS) is 1. The molecule has 0 aromatic rings. The van der Waals surface area contributed by atoms with Crippen LogP contribution in [0.15, 0.2) is 4.99 Å². The van der Waals surface area contributed by atoms with Gasteiger partial charge in [-0.3, -0.25) is 4.79 Å². The maximum atomic E-state index is 11.0. The first-order chi connectivity index (χ1) is 8.85. The Labute approximate surface area is 119 Å². The number of carbonyl (C=O) groups excluding carboxylic acids is 1. The standard InChI is InChI=1S/C14H24N2O4/c1-13(2,3)9(15)8-20-10(14(4,5)6)7-16-11(17)12(18)19/h7,10,15H,8H2,1-6H3,(H,18,19). The minimum absolute atomic E-state index is 0.110. The van der Waals surface area contributed by atoms with Crippen molar-refractivity contribution < 1.29 is 19.4 Å². The van der Waals surface area contributed by atoms with Crippen molar-refractivity contribution in [3.05, 3.63) is 0 Å². The highest BCUT2D eigenvalue weighted by Crippen LogP contribution is 2.22. The first-order valence-corrected chi connectivity index (χ1v) is 6.36. The normalized spacial score (nSPS) is 14.3. The Hall–Kier alpha value is -1.56. The van der Waals surface area contributed by atoms with Crippen LogP contribution in [-0.2, 0) is 14.3 Å². The van der Waals surface area contributed by atoms with Gasteiger partial charge in [-0.1, -0.05) is 41.5 Å². The molecule has 0 spiro atoms. The second-order valence-corrected chi connectivity index (χ2v) is 6.71. The fraction of sp³-hybridized carbons (Fsp3) is 0.714. The van der Waals surface area contributed by atoms with Gasteiger partial charge < -0.3 is 15.3 Å². The summed E-state index contributed by atoms with van der Waals surface area (Å²) in [7, 11) is 0. The predicted molar refractivity (Wildman–Crippen MR) is 77.5 cm³/mol. The molecule has 6 nitrogen and oxygen atoms in total. The van der Waals surface area contributed by atoms with Crippen molar-refractivity contribution in [1.29, 1.82) is 5.41 Å². The maximum absolute atomic E-state index is 11.0. The van der Waals surface area contributed by atoms with Crippen LogP contribution in [-0.4, -0.2) is 41.6 Å². The van der Waals surface area contributed by atoms with Crippen molar-refractivity contribution in [3.63, 3.8) is 0 Å². The van der Waals surface area contributed by atoms with Gasteiger partial charge in [0.05, 0.1) is 12.7 Å². The number of hydrogen-bond donors (Lipinski definition) is 2. The van der Waals surface area contributed by atoms with Crippen LogP contribution in [0.4, 0.5) is 0 Å². The lowest BCUT2D eigenvalue weighted by atomic mass is 9.88. The van der Waals surface area contributed by atoms with Gasteiger partial charge in [0.2, 0.25) is 0 Å². The van der Waals surface area contributed by atoms with Crippen molar-refractivity contribution in [2.24, 2.45) is 15.8 Å². The highest BCUT2D eigenvalue weighted by molar-refractivity contribution is 6.33. The summed E-state index contributed by atoms with van der Waals surface area (Å²) in [6.45, 7) is 11.5. The number of rotatable bonds is 4. The smallest absolute Gasteiger partial charge is 0.396 e. The number of nitrogens with zero attached hydrogens (tertiary/aromatic N) is 1. The summed E-state index contributed by atoms with van der Waals surface area (Å²) in [5, 5.41) is 16.4. The molecule has 0 fully saturated rings. The summed E-state index contributed by atoms with van der Waals surface area (Å²) >= 11 is 0. The Kier molecular flexibility index (Phi) is 6.22. The molecule has 0 aliphatic heterocycles. The molecule has 0 saturated heterocycles. The average Bonchev–Trinajstić information content (AvgIpc) is 2.24. The highest BCUT2D eigenvalue weighted by Gasteiger charge is 2.26.